The van der Waals surface area contributed by atoms with Crippen molar-refractivity contribution in [3.05, 3.63) is 65.2 Å². The highest BCUT2D eigenvalue weighted by molar-refractivity contribution is 5.79. The third-order valence-corrected chi connectivity index (χ3v) is 3.54. The third kappa shape index (κ3) is 5.11. The van der Waals surface area contributed by atoms with Crippen molar-refractivity contribution in [2.24, 2.45) is 0 Å². The molecule has 2 rings (SSSR count). The first-order valence-corrected chi connectivity index (χ1v) is 7.76. The maximum atomic E-state index is 12.2. The fourth-order valence-electron chi connectivity index (χ4n) is 2.36. The Balaban J connectivity index is 1.96. The first-order valence-electron chi connectivity index (χ1n) is 7.76. The van der Waals surface area contributed by atoms with Crippen LogP contribution in [0.1, 0.15) is 16.7 Å². The third-order valence-electron chi connectivity index (χ3n) is 3.54. The van der Waals surface area contributed by atoms with Gasteiger partial charge in [-0.2, -0.15) is 5.26 Å². The van der Waals surface area contributed by atoms with Gasteiger partial charge < -0.3 is 15.2 Å². The number of nitrogens with zero attached hydrogens (tertiary/aromatic N) is 1. The number of hydrogen-bond donors (Lipinski definition) is 2. The van der Waals surface area contributed by atoms with Gasteiger partial charge in [0.15, 0.2) is 0 Å². The molecule has 0 aliphatic rings. The average molecular weight is 324 g/mol. The molecule has 0 heterocycles. The number of para-hydroxylation sites is 1. The number of hydrogen-bond acceptors (Lipinski definition) is 4. The molecule has 0 aliphatic carbocycles. The first kappa shape index (κ1) is 17.5. The smallest absolute Gasteiger partial charge is 0.224 e. The number of benzene rings is 2. The molecule has 0 fully saturated rings. The van der Waals surface area contributed by atoms with Crippen molar-refractivity contribution in [3.63, 3.8) is 0 Å². The van der Waals surface area contributed by atoms with Gasteiger partial charge in [0.25, 0.3) is 0 Å². The van der Waals surface area contributed by atoms with Gasteiger partial charge in [0.2, 0.25) is 5.91 Å². The lowest BCUT2D eigenvalue weighted by molar-refractivity contribution is -0.120. The second kappa shape index (κ2) is 9.33. The molecule has 0 radical (unpaired) electrons. The van der Waals surface area contributed by atoms with Crippen LogP contribution in [0, 0.1) is 11.3 Å². The Morgan fingerprint density at radius 1 is 1.08 bits per heavy atom. The molecule has 1 amide bonds. The zero-order chi connectivity index (χ0) is 17.2. The van der Waals surface area contributed by atoms with Crippen LogP contribution in [-0.4, -0.2) is 24.2 Å². The predicted octanol–water partition coefficient (Wildman–Crippen LogP) is 1.98. The lowest BCUT2D eigenvalue weighted by atomic mass is 10.0. The summed E-state index contributed by atoms with van der Waals surface area (Å²) >= 11 is 0. The molecule has 124 valence electrons. The Morgan fingerprint density at radius 3 is 2.46 bits per heavy atom. The minimum absolute atomic E-state index is 0.0592. The average Bonchev–Trinajstić information content (AvgIpc) is 2.61. The summed E-state index contributed by atoms with van der Waals surface area (Å²) < 4.78 is 5.45. The second-order valence-electron chi connectivity index (χ2n) is 5.24. The molecule has 5 nitrogen and oxygen atoms in total. The maximum absolute atomic E-state index is 12.2. The lowest BCUT2D eigenvalue weighted by Crippen LogP contribution is -2.25. The topological polar surface area (TPSA) is 82.4 Å². The van der Waals surface area contributed by atoms with Crippen LogP contribution in [0.25, 0.3) is 0 Å². The Kier molecular flexibility index (Phi) is 6.81. The number of nitriles is 1. The molecule has 0 aromatic heterocycles. The van der Waals surface area contributed by atoms with Crippen molar-refractivity contribution >= 4 is 5.91 Å². The van der Waals surface area contributed by atoms with Gasteiger partial charge in [-0.05, 0) is 17.2 Å². The number of aliphatic hydroxyl groups excluding tert-OH is 1. The number of amides is 1. The molecule has 5 heteroatoms. The number of carbonyl (C=O) groups is 1. The van der Waals surface area contributed by atoms with Crippen molar-refractivity contribution in [1.29, 1.82) is 5.26 Å². The molecule has 2 aromatic rings. The standard InChI is InChI=1S/C19H20N2O3/c20-10-9-15-5-1-2-6-16(15)13-19(23)21-14-17-7-3-4-8-18(17)24-12-11-22/h1-8,22H,9,11-14H2,(H,21,23). The zero-order valence-electron chi connectivity index (χ0n) is 13.4. The Labute approximate surface area is 141 Å². The molecule has 2 aromatic carbocycles. The van der Waals surface area contributed by atoms with Crippen LogP contribution in [0.3, 0.4) is 0 Å². The zero-order valence-corrected chi connectivity index (χ0v) is 13.4. The SMILES string of the molecule is N#CCc1ccccc1CC(=O)NCc1ccccc1OCCO. The molecular weight excluding hydrogens is 304 g/mol. The van der Waals surface area contributed by atoms with E-state index < -0.39 is 0 Å². The minimum Gasteiger partial charge on any atom is -0.491 e. The van der Waals surface area contributed by atoms with Crippen molar-refractivity contribution in [3.8, 4) is 11.8 Å². The number of rotatable bonds is 8. The van der Waals surface area contributed by atoms with Crippen LogP contribution >= 0.6 is 0 Å². The van der Waals surface area contributed by atoms with Crippen LogP contribution in [-0.2, 0) is 24.2 Å². The van der Waals surface area contributed by atoms with E-state index >= 15 is 0 Å². The van der Waals surface area contributed by atoms with Crippen LogP contribution < -0.4 is 10.1 Å². The highest BCUT2D eigenvalue weighted by Gasteiger charge is 2.09. The van der Waals surface area contributed by atoms with E-state index in [0.717, 1.165) is 16.7 Å². The summed E-state index contributed by atoms with van der Waals surface area (Å²) in [6, 6.07) is 17.0. The monoisotopic (exact) mass is 324 g/mol. The number of carbonyl (C=O) groups excluding carboxylic acids is 1. The maximum Gasteiger partial charge on any atom is 0.224 e. The van der Waals surface area contributed by atoms with E-state index in [-0.39, 0.29) is 25.5 Å². The molecule has 0 atom stereocenters. The molecular formula is C19H20N2O3. The summed E-state index contributed by atoms with van der Waals surface area (Å²) in [6.45, 7) is 0.504. The predicted molar refractivity (Wildman–Crippen MR) is 90.3 cm³/mol. The van der Waals surface area contributed by atoms with Crippen molar-refractivity contribution in [2.45, 2.75) is 19.4 Å². The first-order chi connectivity index (χ1) is 11.7. The quantitative estimate of drug-likeness (QED) is 0.778. The van der Waals surface area contributed by atoms with E-state index in [1.54, 1.807) is 6.07 Å². The molecule has 0 unspecified atom stereocenters. The van der Waals surface area contributed by atoms with Crippen molar-refractivity contribution in [1.82, 2.24) is 5.32 Å². The van der Waals surface area contributed by atoms with Gasteiger partial charge in [0, 0.05) is 12.1 Å². The number of nitrogens with one attached hydrogen (secondary N) is 1. The van der Waals surface area contributed by atoms with Crippen LogP contribution in [0.5, 0.6) is 5.75 Å². The molecule has 2 N–H and O–H groups in total. The Morgan fingerprint density at radius 2 is 1.75 bits per heavy atom. The van der Waals surface area contributed by atoms with E-state index in [4.69, 9.17) is 15.1 Å². The fraction of sp³-hybridized carbons (Fsp3) is 0.263. The summed E-state index contributed by atoms with van der Waals surface area (Å²) in [5.41, 5.74) is 2.59. The summed E-state index contributed by atoms with van der Waals surface area (Å²) in [4.78, 5) is 12.2. The molecule has 0 saturated heterocycles. The molecule has 24 heavy (non-hydrogen) atoms. The Hall–Kier alpha value is -2.84. The van der Waals surface area contributed by atoms with Gasteiger partial charge in [0.05, 0.1) is 25.5 Å². The highest BCUT2D eigenvalue weighted by atomic mass is 16.5. The molecule has 0 saturated carbocycles. The van der Waals surface area contributed by atoms with E-state index in [2.05, 4.69) is 11.4 Å². The summed E-state index contributed by atoms with van der Waals surface area (Å²) in [5.74, 6) is 0.536. The summed E-state index contributed by atoms with van der Waals surface area (Å²) in [7, 11) is 0. The van der Waals surface area contributed by atoms with Gasteiger partial charge in [-0.25, -0.2) is 0 Å². The number of ether oxygens (including phenoxy) is 1. The van der Waals surface area contributed by atoms with E-state index in [0.29, 0.717) is 18.7 Å². The highest BCUT2D eigenvalue weighted by Crippen LogP contribution is 2.17. The van der Waals surface area contributed by atoms with Crippen LogP contribution in [0.15, 0.2) is 48.5 Å². The van der Waals surface area contributed by atoms with Crippen molar-refractivity contribution < 1.29 is 14.6 Å². The molecule has 0 spiro atoms. The largest absolute Gasteiger partial charge is 0.491 e. The number of aliphatic hydroxyl groups is 1. The van der Waals surface area contributed by atoms with Crippen LogP contribution in [0.2, 0.25) is 0 Å². The minimum atomic E-state index is -0.114. The molecule has 0 aliphatic heterocycles. The molecule has 0 bridgehead atoms. The van der Waals surface area contributed by atoms with Crippen LogP contribution in [0.4, 0.5) is 0 Å². The van der Waals surface area contributed by atoms with Crippen molar-refractivity contribution in [2.75, 3.05) is 13.2 Å². The van der Waals surface area contributed by atoms with E-state index in [1.165, 1.54) is 0 Å². The summed E-state index contributed by atoms with van der Waals surface area (Å²) in [5, 5.41) is 20.6. The van der Waals surface area contributed by atoms with Gasteiger partial charge in [-0.1, -0.05) is 42.5 Å². The van der Waals surface area contributed by atoms with Gasteiger partial charge in [-0.3, -0.25) is 4.79 Å². The Bertz CT molecular complexity index is 723. The second-order valence-corrected chi connectivity index (χ2v) is 5.24. The fourth-order valence-corrected chi connectivity index (χ4v) is 2.36. The normalized spacial score (nSPS) is 10.0. The van der Waals surface area contributed by atoms with E-state index in [9.17, 15) is 4.79 Å². The van der Waals surface area contributed by atoms with E-state index in [1.807, 2.05) is 42.5 Å². The summed E-state index contributed by atoms with van der Waals surface area (Å²) in [6.07, 6.45) is 0.527. The lowest BCUT2D eigenvalue weighted by Gasteiger charge is -2.12. The van der Waals surface area contributed by atoms with Gasteiger partial charge in [-0.15, -0.1) is 0 Å². The van der Waals surface area contributed by atoms with Gasteiger partial charge >= 0.3 is 0 Å². The van der Waals surface area contributed by atoms with Gasteiger partial charge in [0.1, 0.15) is 12.4 Å².